The first-order valence-corrected chi connectivity index (χ1v) is 6.38. The molecule has 0 bridgehead atoms. The lowest BCUT2D eigenvalue weighted by Gasteiger charge is -2.16. The van der Waals surface area contributed by atoms with E-state index in [1.165, 1.54) is 6.07 Å². The molecule has 0 saturated carbocycles. The molecule has 1 aromatic carbocycles. The zero-order chi connectivity index (χ0) is 11.5. The van der Waals surface area contributed by atoms with Gasteiger partial charge in [-0.1, -0.05) is 18.2 Å². The Bertz CT molecular complexity index is 427. The lowest BCUT2D eigenvalue weighted by Crippen LogP contribution is -2.17. The van der Waals surface area contributed by atoms with Gasteiger partial charge in [-0.2, -0.15) is 0 Å². The molecule has 2 rings (SSSR count). The molecule has 0 aromatic heterocycles. The van der Waals surface area contributed by atoms with Crippen molar-refractivity contribution in [3.8, 4) is 0 Å². The smallest absolute Gasteiger partial charge is 0.168 e. The van der Waals surface area contributed by atoms with Crippen molar-refractivity contribution in [3.63, 3.8) is 0 Å². The Labute approximate surface area is 95.8 Å². The van der Waals surface area contributed by atoms with Crippen LogP contribution in [0.3, 0.4) is 0 Å². The van der Waals surface area contributed by atoms with E-state index in [9.17, 15) is 13.5 Å². The van der Waals surface area contributed by atoms with E-state index in [4.69, 9.17) is 4.74 Å². The van der Waals surface area contributed by atoms with Gasteiger partial charge < -0.3 is 4.74 Å². The number of hydrogen-bond donors (Lipinski definition) is 1. The highest BCUT2D eigenvalue weighted by molar-refractivity contribution is 7.72. The topological polar surface area (TPSA) is 63.3 Å². The Kier molecular flexibility index (Phi) is 3.58. The van der Waals surface area contributed by atoms with Crippen LogP contribution >= 0.6 is 0 Å². The second kappa shape index (κ2) is 4.95. The minimum atomic E-state index is -2.72. The van der Waals surface area contributed by atoms with Gasteiger partial charge in [-0.05, 0) is 18.9 Å². The number of benzene rings is 1. The van der Waals surface area contributed by atoms with E-state index in [2.05, 4.69) is 0 Å². The molecule has 87 valence electrons. The van der Waals surface area contributed by atoms with Gasteiger partial charge in [-0.15, -0.1) is 0 Å². The summed E-state index contributed by atoms with van der Waals surface area (Å²) in [6.07, 6.45) is 0.0791. The third-order valence-corrected chi connectivity index (χ3v) is 3.54. The molecule has 1 aromatic rings. The standard InChI is InChI=1S/C11H13O4S/c12-11(9-5-3-7-15-9)8-4-1-2-6-10(8)16(13)14/h1-2,4,6,9,11,16H,3,5,7H2. The summed E-state index contributed by atoms with van der Waals surface area (Å²) in [5.41, 5.74) is 0.325. The van der Waals surface area contributed by atoms with E-state index in [0.29, 0.717) is 18.6 Å². The summed E-state index contributed by atoms with van der Waals surface area (Å²) in [4.78, 5) is 0.119. The molecular weight excluding hydrogens is 228 g/mol. The highest BCUT2D eigenvalue weighted by Crippen LogP contribution is 2.29. The number of thiol groups is 1. The highest BCUT2D eigenvalue weighted by atomic mass is 32.2. The minimum absolute atomic E-state index is 0.119. The first-order valence-electron chi connectivity index (χ1n) is 5.21. The summed E-state index contributed by atoms with van der Waals surface area (Å²) >= 11 is 0. The van der Waals surface area contributed by atoms with Gasteiger partial charge in [0.25, 0.3) is 0 Å². The Morgan fingerprint density at radius 2 is 2.06 bits per heavy atom. The fourth-order valence-corrected chi connectivity index (χ4v) is 2.56. The average molecular weight is 241 g/mol. The van der Waals surface area contributed by atoms with Crippen LogP contribution in [0.15, 0.2) is 29.2 Å². The lowest BCUT2D eigenvalue weighted by atomic mass is 10.0. The molecule has 0 N–H and O–H groups in total. The number of ether oxygens (including phenoxy) is 1. The first kappa shape index (κ1) is 11.6. The van der Waals surface area contributed by atoms with Gasteiger partial charge in [-0.3, -0.25) is 0 Å². The predicted octanol–water partition coefficient (Wildman–Crippen LogP) is 1.31. The van der Waals surface area contributed by atoms with Crippen LogP contribution in [0.4, 0.5) is 0 Å². The Morgan fingerprint density at radius 1 is 1.31 bits per heavy atom. The van der Waals surface area contributed by atoms with Gasteiger partial charge in [-0.25, -0.2) is 13.5 Å². The van der Waals surface area contributed by atoms with Crippen molar-refractivity contribution in [2.45, 2.75) is 29.9 Å². The largest absolute Gasteiger partial charge is 0.375 e. The van der Waals surface area contributed by atoms with Crippen molar-refractivity contribution >= 4 is 10.7 Å². The summed E-state index contributed by atoms with van der Waals surface area (Å²) in [6.45, 7) is 0.592. The van der Waals surface area contributed by atoms with Crippen LogP contribution in [0.2, 0.25) is 0 Å². The van der Waals surface area contributed by atoms with E-state index in [1.54, 1.807) is 18.2 Å². The summed E-state index contributed by atoms with van der Waals surface area (Å²) in [5.74, 6) is 0. The zero-order valence-electron chi connectivity index (χ0n) is 8.67. The van der Waals surface area contributed by atoms with Crippen LogP contribution in [0.25, 0.3) is 0 Å². The van der Waals surface area contributed by atoms with Crippen LogP contribution in [0.5, 0.6) is 0 Å². The first-order chi connectivity index (χ1) is 7.70. The van der Waals surface area contributed by atoms with Crippen molar-refractivity contribution < 1.29 is 18.3 Å². The van der Waals surface area contributed by atoms with Crippen LogP contribution < -0.4 is 0 Å². The van der Waals surface area contributed by atoms with Crippen molar-refractivity contribution in [3.05, 3.63) is 29.8 Å². The average Bonchev–Trinajstić information content (AvgIpc) is 2.81. The summed E-state index contributed by atoms with van der Waals surface area (Å²) in [5, 5.41) is 12.1. The monoisotopic (exact) mass is 241 g/mol. The molecule has 1 heterocycles. The van der Waals surface area contributed by atoms with Gasteiger partial charge in [0, 0.05) is 12.2 Å². The van der Waals surface area contributed by atoms with Crippen molar-refractivity contribution in [2.24, 2.45) is 0 Å². The molecule has 2 atom stereocenters. The van der Waals surface area contributed by atoms with Gasteiger partial charge >= 0.3 is 0 Å². The summed E-state index contributed by atoms with van der Waals surface area (Å²) < 4.78 is 27.3. The molecule has 0 spiro atoms. The van der Waals surface area contributed by atoms with E-state index in [0.717, 1.165) is 6.42 Å². The predicted molar refractivity (Wildman–Crippen MR) is 57.4 cm³/mol. The molecule has 1 saturated heterocycles. The normalized spacial score (nSPS) is 22.5. The Morgan fingerprint density at radius 3 is 2.69 bits per heavy atom. The van der Waals surface area contributed by atoms with Gasteiger partial charge in [0.05, 0.1) is 11.0 Å². The van der Waals surface area contributed by atoms with Gasteiger partial charge in [0.2, 0.25) is 0 Å². The van der Waals surface area contributed by atoms with Gasteiger partial charge in [0.1, 0.15) is 6.10 Å². The van der Waals surface area contributed by atoms with E-state index < -0.39 is 22.9 Å². The van der Waals surface area contributed by atoms with E-state index >= 15 is 0 Å². The maximum absolute atomic E-state index is 12.1. The van der Waals surface area contributed by atoms with Crippen molar-refractivity contribution in [2.75, 3.05) is 6.61 Å². The van der Waals surface area contributed by atoms with Crippen LogP contribution in [-0.4, -0.2) is 21.1 Å². The third kappa shape index (κ3) is 2.26. The highest BCUT2D eigenvalue weighted by Gasteiger charge is 2.28. The van der Waals surface area contributed by atoms with E-state index in [-0.39, 0.29) is 4.90 Å². The fraction of sp³-hybridized carbons (Fsp3) is 0.455. The van der Waals surface area contributed by atoms with Crippen LogP contribution in [0, 0.1) is 0 Å². The lowest BCUT2D eigenvalue weighted by molar-refractivity contribution is -0.0421. The van der Waals surface area contributed by atoms with Gasteiger partial charge in [0.15, 0.2) is 10.7 Å². The summed E-state index contributed by atoms with van der Waals surface area (Å²) in [7, 11) is -2.72. The van der Waals surface area contributed by atoms with Crippen molar-refractivity contribution in [1.29, 1.82) is 0 Å². The van der Waals surface area contributed by atoms with Crippen molar-refractivity contribution in [1.82, 2.24) is 0 Å². The van der Waals surface area contributed by atoms with Crippen LogP contribution in [-0.2, 0) is 20.5 Å². The van der Waals surface area contributed by atoms with Crippen LogP contribution in [0.1, 0.15) is 24.5 Å². The van der Waals surface area contributed by atoms with E-state index in [1.807, 2.05) is 0 Å². The second-order valence-corrected chi connectivity index (χ2v) is 4.78. The second-order valence-electron chi connectivity index (χ2n) is 3.79. The molecule has 0 amide bonds. The summed E-state index contributed by atoms with van der Waals surface area (Å²) in [6, 6.07) is 6.32. The minimum Gasteiger partial charge on any atom is -0.375 e. The molecule has 0 aliphatic carbocycles. The maximum Gasteiger partial charge on any atom is 0.168 e. The molecule has 1 aliphatic heterocycles. The molecule has 1 radical (unpaired) electrons. The molecule has 4 nitrogen and oxygen atoms in total. The molecule has 16 heavy (non-hydrogen) atoms. The Balaban J connectivity index is 2.31. The Hall–Kier alpha value is -0.910. The molecule has 5 heteroatoms. The molecule has 1 aliphatic rings. The SMILES string of the molecule is [O]C(c1ccccc1[SH](=O)=O)C1CCCO1. The zero-order valence-corrected chi connectivity index (χ0v) is 9.56. The number of hydrogen-bond acceptors (Lipinski definition) is 3. The molecular formula is C11H13O4S. The fourth-order valence-electron chi connectivity index (χ4n) is 1.94. The quantitative estimate of drug-likeness (QED) is 0.811. The third-order valence-electron chi connectivity index (χ3n) is 2.74. The molecule has 2 unspecified atom stereocenters. The maximum atomic E-state index is 12.1. The molecule has 1 fully saturated rings. The number of rotatable bonds is 3.